The van der Waals surface area contributed by atoms with Crippen LogP contribution in [0.25, 0.3) is 0 Å². The lowest BCUT2D eigenvalue weighted by Gasteiger charge is -2.36. The summed E-state index contributed by atoms with van der Waals surface area (Å²) in [5.41, 5.74) is -0.123. The van der Waals surface area contributed by atoms with Crippen LogP contribution in [0, 0.1) is 23.0 Å². The van der Waals surface area contributed by atoms with E-state index in [1.807, 2.05) is 0 Å². The molecule has 2 aromatic rings. The van der Waals surface area contributed by atoms with E-state index >= 15 is 0 Å². The summed E-state index contributed by atoms with van der Waals surface area (Å²) in [7, 11) is 0. The molecule has 4 rings (SSSR count). The third kappa shape index (κ3) is 3.55. The van der Waals surface area contributed by atoms with Crippen molar-refractivity contribution < 1.29 is 18.4 Å². The molecule has 1 aliphatic heterocycles. The molecule has 1 amide bonds. The fraction of sp³-hybridized carbons (Fsp3) is 0.409. The second-order valence-electron chi connectivity index (χ2n) is 7.92. The van der Waals surface area contributed by atoms with Gasteiger partial charge in [0.25, 0.3) is 0 Å². The van der Waals surface area contributed by atoms with Crippen LogP contribution in [-0.2, 0) is 4.79 Å². The van der Waals surface area contributed by atoms with Gasteiger partial charge in [0, 0.05) is 30.8 Å². The van der Waals surface area contributed by atoms with E-state index in [-0.39, 0.29) is 17.6 Å². The Labute approximate surface area is 162 Å². The van der Waals surface area contributed by atoms with Gasteiger partial charge < -0.3 is 0 Å². The number of Topliss-reactive ketones (excluding diaryl/α,β-unsaturated/α-hetero) is 1. The topological polar surface area (TPSA) is 50.3 Å². The van der Waals surface area contributed by atoms with E-state index in [1.165, 1.54) is 36.5 Å². The maximum atomic E-state index is 13.5. The number of hydrogen-bond donors (Lipinski definition) is 0. The fourth-order valence-corrected chi connectivity index (χ4v) is 4.70. The van der Waals surface area contributed by atoms with Crippen molar-refractivity contribution in [3.05, 3.63) is 59.8 Å². The molecule has 146 valence electrons. The van der Waals surface area contributed by atoms with E-state index in [9.17, 15) is 18.4 Å². The number of nitrogens with zero attached hydrogens (tertiary/aromatic N) is 2. The Morgan fingerprint density at radius 3 is 2.79 bits per heavy atom. The molecule has 0 unspecified atom stereocenters. The average molecular weight is 384 g/mol. The van der Waals surface area contributed by atoms with Gasteiger partial charge in [0.05, 0.1) is 5.41 Å². The highest BCUT2D eigenvalue weighted by Gasteiger charge is 2.49. The third-order valence-electron chi connectivity index (χ3n) is 6.06. The summed E-state index contributed by atoms with van der Waals surface area (Å²) in [6.07, 6.45) is 5.54. The Hall–Kier alpha value is -2.63. The Bertz CT molecular complexity index is 917. The molecular formula is C22H22F2N2O2. The van der Waals surface area contributed by atoms with Crippen molar-refractivity contribution >= 4 is 17.5 Å². The number of anilines is 1. The maximum absolute atomic E-state index is 13.5. The standard InChI is InChI=1S/C22H22F2N2O2/c23-17-5-1-4-16(12-17)19(27)11-15-3-2-7-22(14-15)8-10-26(21(22)28)20-13-18(24)6-9-25-20/h1,4-6,9,12-13,15H,2-3,7-8,10-11,14H2/t15-,22+/m1/s1. The van der Waals surface area contributed by atoms with Gasteiger partial charge in [0.1, 0.15) is 17.5 Å². The van der Waals surface area contributed by atoms with Crippen molar-refractivity contribution in [1.82, 2.24) is 4.98 Å². The highest BCUT2D eigenvalue weighted by atomic mass is 19.1. The van der Waals surface area contributed by atoms with Crippen molar-refractivity contribution in [3.63, 3.8) is 0 Å². The summed E-state index contributed by atoms with van der Waals surface area (Å²) in [4.78, 5) is 31.4. The molecule has 0 N–H and O–H groups in total. The molecule has 28 heavy (non-hydrogen) atoms. The summed E-state index contributed by atoms with van der Waals surface area (Å²) < 4.78 is 26.9. The van der Waals surface area contributed by atoms with Crippen molar-refractivity contribution in [2.24, 2.45) is 11.3 Å². The van der Waals surface area contributed by atoms with Gasteiger partial charge >= 0.3 is 0 Å². The van der Waals surface area contributed by atoms with Crippen LogP contribution < -0.4 is 4.90 Å². The normalized spacial score (nSPS) is 24.7. The van der Waals surface area contributed by atoms with Crippen LogP contribution in [-0.4, -0.2) is 23.2 Å². The van der Waals surface area contributed by atoms with Gasteiger partial charge in [0.2, 0.25) is 5.91 Å². The zero-order valence-electron chi connectivity index (χ0n) is 15.5. The molecule has 0 bridgehead atoms. The first-order valence-electron chi connectivity index (χ1n) is 9.69. The van der Waals surface area contributed by atoms with Gasteiger partial charge in [-0.15, -0.1) is 0 Å². The van der Waals surface area contributed by atoms with E-state index in [2.05, 4.69) is 4.98 Å². The number of carbonyl (C=O) groups is 2. The first-order valence-corrected chi connectivity index (χ1v) is 9.69. The first-order chi connectivity index (χ1) is 13.5. The molecule has 2 fully saturated rings. The molecule has 6 heteroatoms. The maximum Gasteiger partial charge on any atom is 0.234 e. The summed E-state index contributed by atoms with van der Waals surface area (Å²) in [6.45, 7) is 0.514. The van der Waals surface area contributed by atoms with E-state index in [0.29, 0.717) is 37.2 Å². The lowest BCUT2D eigenvalue weighted by molar-refractivity contribution is -0.128. The number of rotatable bonds is 4. The molecular weight excluding hydrogens is 362 g/mol. The van der Waals surface area contributed by atoms with Crippen molar-refractivity contribution in [1.29, 1.82) is 0 Å². The molecule has 1 aliphatic carbocycles. The van der Waals surface area contributed by atoms with Crippen LogP contribution in [0.15, 0.2) is 42.6 Å². The van der Waals surface area contributed by atoms with Crippen LogP contribution in [0.4, 0.5) is 14.6 Å². The van der Waals surface area contributed by atoms with Crippen molar-refractivity contribution in [2.45, 2.75) is 38.5 Å². The molecule has 1 saturated carbocycles. The Kier molecular flexibility index (Phi) is 4.96. The number of carbonyl (C=O) groups excluding carboxylic acids is 2. The number of pyridine rings is 1. The lowest BCUT2D eigenvalue weighted by Crippen LogP contribution is -2.39. The molecule has 1 aromatic heterocycles. The van der Waals surface area contributed by atoms with Crippen molar-refractivity contribution in [3.8, 4) is 0 Å². The zero-order chi connectivity index (χ0) is 19.7. The second-order valence-corrected chi connectivity index (χ2v) is 7.92. The monoisotopic (exact) mass is 384 g/mol. The molecule has 4 nitrogen and oxygen atoms in total. The quantitative estimate of drug-likeness (QED) is 0.727. The number of ketones is 1. The average Bonchev–Trinajstić information content (AvgIpc) is 2.97. The van der Waals surface area contributed by atoms with Crippen LogP contribution in [0.3, 0.4) is 0 Å². The van der Waals surface area contributed by atoms with Gasteiger partial charge in [-0.2, -0.15) is 0 Å². The Morgan fingerprint density at radius 1 is 1.18 bits per heavy atom. The minimum Gasteiger partial charge on any atom is -0.296 e. The van der Waals surface area contributed by atoms with Crippen LogP contribution in [0.1, 0.15) is 48.9 Å². The number of hydrogen-bond acceptors (Lipinski definition) is 3. The molecule has 1 saturated heterocycles. The van der Waals surface area contributed by atoms with Gasteiger partial charge in [-0.3, -0.25) is 14.5 Å². The third-order valence-corrected chi connectivity index (χ3v) is 6.06. The number of benzene rings is 1. The predicted octanol–water partition coefficient (Wildman–Crippen LogP) is 4.55. The van der Waals surface area contributed by atoms with Crippen LogP contribution in [0.5, 0.6) is 0 Å². The summed E-state index contributed by atoms with van der Waals surface area (Å²) in [6, 6.07) is 8.29. The second kappa shape index (κ2) is 7.41. The first kappa shape index (κ1) is 18.7. The number of halogens is 2. The largest absolute Gasteiger partial charge is 0.296 e. The Morgan fingerprint density at radius 2 is 2.00 bits per heavy atom. The van der Waals surface area contributed by atoms with E-state index < -0.39 is 17.0 Å². The minimum absolute atomic E-state index is 0.0199. The number of aromatic nitrogens is 1. The highest BCUT2D eigenvalue weighted by molar-refractivity contribution is 5.99. The SMILES string of the molecule is O=C(C[C@H]1CCC[C@]2(CCN(c3cc(F)ccn3)C2=O)C1)c1cccc(F)c1. The fourth-order valence-electron chi connectivity index (χ4n) is 4.70. The van der Waals surface area contributed by atoms with Crippen LogP contribution >= 0.6 is 0 Å². The molecule has 1 spiro atoms. The van der Waals surface area contributed by atoms with Gasteiger partial charge in [-0.1, -0.05) is 18.6 Å². The van der Waals surface area contributed by atoms with E-state index in [1.54, 1.807) is 11.0 Å². The lowest BCUT2D eigenvalue weighted by atomic mass is 9.67. The van der Waals surface area contributed by atoms with Gasteiger partial charge in [-0.05, 0) is 49.8 Å². The molecule has 2 atom stereocenters. The molecule has 2 heterocycles. The predicted molar refractivity (Wildman–Crippen MR) is 101 cm³/mol. The van der Waals surface area contributed by atoms with E-state index in [0.717, 1.165) is 19.3 Å². The van der Waals surface area contributed by atoms with E-state index in [4.69, 9.17) is 0 Å². The van der Waals surface area contributed by atoms with Crippen molar-refractivity contribution in [2.75, 3.05) is 11.4 Å². The smallest absolute Gasteiger partial charge is 0.234 e. The van der Waals surface area contributed by atoms with Crippen LogP contribution in [0.2, 0.25) is 0 Å². The summed E-state index contributed by atoms with van der Waals surface area (Å²) >= 11 is 0. The minimum atomic E-state index is -0.501. The van der Waals surface area contributed by atoms with Gasteiger partial charge in [-0.25, -0.2) is 13.8 Å². The zero-order valence-corrected chi connectivity index (χ0v) is 15.5. The van der Waals surface area contributed by atoms with Gasteiger partial charge in [0.15, 0.2) is 5.78 Å². The molecule has 0 radical (unpaired) electrons. The Balaban J connectivity index is 1.47. The molecule has 1 aromatic carbocycles. The summed E-state index contributed by atoms with van der Waals surface area (Å²) in [5, 5.41) is 0. The number of amides is 1. The molecule has 2 aliphatic rings. The summed E-state index contributed by atoms with van der Waals surface area (Å²) in [5.74, 6) is -0.506. The highest BCUT2D eigenvalue weighted by Crippen LogP contribution is 2.48.